The first-order valence-corrected chi connectivity index (χ1v) is 9.98. The summed E-state index contributed by atoms with van der Waals surface area (Å²) >= 11 is 8.12. The van der Waals surface area contributed by atoms with Crippen molar-refractivity contribution in [2.75, 3.05) is 0 Å². The van der Waals surface area contributed by atoms with Gasteiger partial charge in [-0.05, 0) is 49.0 Å². The van der Waals surface area contributed by atoms with Crippen LogP contribution in [0.5, 0.6) is 0 Å². The van der Waals surface area contributed by atoms with E-state index in [0.29, 0.717) is 10.5 Å². The molecule has 0 saturated carbocycles. The Kier molecular flexibility index (Phi) is 6.18. The Hall–Kier alpha value is -2.03. The second-order valence-electron chi connectivity index (χ2n) is 5.49. The smallest absolute Gasteiger partial charge is 0.233 e. The predicted octanol–water partition coefficient (Wildman–Crippen LogP) is 4.60. The second-order valence-corrected chi connectivity index (χ2v) is 8.70. The van der Waals surface area contributed by atoms with Gasteiger partial charge in [0.05, 0.1) is 10.9 Å². The minimum atomic E-state index is -0.319. The Labute approximate surface area is 164 Å². The quantitative estimate of drug-likeness (QED) is 0.481. The van der Waals surface area contributed by atoms with E-state index in [1.807, 2.05) is 37.3 Å². The summed E-state index contributed by atoms with van der Waals surface area (Å²) in [6.45, 7) is 2.18. The lowest BCUT2D eigenvalue weighted by atomic mass is 10.2. The number of benzene rings is 2. The van der Waals surface area contributed by atoms with Gasteiger partial charge in [-0.2, -0.15) is 0 Å². The number of nitrogens with zero attached hydrogens (tertiary/aromatic N) is 2. The number of hydrogen-bond acceptors (Lipinski definition) is 5. The number of amides is 1. The molecule has 0 bridgehead atoms. The van der Waals surface area contributed by atoms with Crippen LogP contribution in [0.15, 0.2) is 58.9 Å². The minimum absolute atomic E-state index is 0.105. The molecule has 3 rings (SSSR count). The third-order valence-corrected chi connectivity index (χ3v) is 5.97. The Morgan fingerprint density at radius 2 is 1.96 bits per heavy atom. The average Bonchev–Trinajstić information content (AvgIpc) is 3.01. The van der Waals surface area contributed by atoms with Crippen molar-refractivity contribution in [1.29, 1.82) is 0 Å². The summed E-state index contributed by atoms with van der Waals surface area (Å²) in [5, 5.41) is 7.04. The van der Waals surface area contributed by atoms with Gasteiger partial charge in [0.1, 0.15) is 5.82 Å². The summed E-state index contributed by atoms with van der Waals surface area (Å²) in [7, 11) is 0. The van der Waals surface area contributed by atoms with Crippen LogP contribution in [0, 0.1) is 9.77 Å². The van der Waals surface area contributed by atoms with E-state index in [9.17, 15) is 9.18 Å². The predicted molar refractivity (Wildman–Crippen MR) is 106 cm³/mol. The Morgan fingerprint density at radius 3 is 2.65 bits per heavy atom. The number of hydrogen-bond donors (Lipinski definition) is 1. The molecule has 0 aliphatic heterocycles. The van der Waals surface area contributed by atoms with E-state index in [0.717, 1.165) is 15.6 Å². The van der Waals surface area contributed by atoms with Crippen molar-refractivity contribution in [3.63, 3.8) is 0 Å². The standard InChI is InChI=1S/C18H16FN3OS3/c1-12(16(23)20-11-13-7-9-14(19)10-8-13)25-17-21-22(18(24)26-17)15-5-3-2-4-6-15/h2-10,12H,11H2,1H3,(H,20,23). The first-order valence-electron chi connectivity index (χ1n) is 7.87. The number of aromatic nitrogens is 2. The lowest BCUT2D eigenvalue weighted by molar-refractivity contribution is -0.120. The molecule has 0 fully saturated rings. The molecule has 1 unspecified atom stereocenters. The van der Waals surface area contributed by atoms with E-state index < -0.39 is 0 Å². The van der Waals surface area contributed by atoms with Crippen LogP contribution in [0.3, 0.4) is 0 Å². The fraction of sp³-hybridized carbons (Fsp3) is 0.167. The van der Waals surface area contributed by atoms with E-state index in [-0.39, 0.29) is 17.0 Å². The maximum atomic E-state index is 12.9. The fourth-order valence-electron chi connectivity index (χ4n) is 2.18. The van der Waals surface area contributed by atoms with Gasteiger partial charge in [0.2, 0.25) is 5.91 Å². The van der Waals surface area contributed by atoms with Crippen molar-refractivity contribution in [2.24, 2.45) is 0 Å². The van der Waals surface area contributed by atoms with E-state index in [2.05, 4.69) is 10.4 Å². The molecule has 3 aromatic rings. The largest absolute Gasteiger partial charge is 0.351 e. The molecule has 4 nitrogen and oxygen atoms in total. The van der Waals surface area contributed by atoms with Gasteiger partial charge in [0.15, 0.2) is 8.29 Å². The van der Waals surface area contributed by atoms with Gasteiger partial charge >= 0.3 is 0 Å². The van der Waals surface area contributed by atoms with Gasteiger partial charge in [-0.3, -0.25) is 4.79 Å². The van der Waals surface area contributed by atoms with E-state index in [1.54, 1.807) is 16.8 Å². The Balaban J connectivity index is 1.60. The zero-order valence-corrected chi connectivity index (χ0v) is 16.3. The Morgan fingerprint density at radius 1 is 1.27 bits per heavy atom. The number of carbonyl (C=O) groups excluding carboxylic acids is 1. The van der Waals surface area contributed by atoms with Crippen LogP contribution in [0.25, 0.3) is 5.69 Å². The highest BCUT2D eigenvalue weighted by atomic mass is 32.2. The van der Waals surface area contributed by atoms with Gasteiger partial charge in [-0.25, -0.2) is 9.07 Å². The maximum Gasteiger partial charge on any atom is 0.233 e. The highest BCUT2D eigenvalue weighted by Crippen LogP contribution is 2.27. The van der Waals surface area contributed by atoms with Gasteiger partial charge in [-0.15, -0.1) is 5.10 Å². The van der Waals surface area contributed by atoms with Crippen LogP contribution < -0.4 is 5.32 Å². The van der Waals surface area contributed by atoms with Crippen molar-refractivity contribution in [1.82, 2.24) is 15.1 Å². The van der Waals surface area contributed by atoms with Gasteiger partial charge in [-0.1, -0.05) is 53.4 Å². The monoisotopic (exact) mass is 405 g/mol. The maximum absolute atomic E-state index is 12.9. The molecule has 134 valence electrons. The van der Waals surface area contributed by atoms with E-state index in [1.165, 1.54) is 35.2 Å². The summed E-state index contributed by atoms with van der Waals surface area (Å²) in [6, 6.07) is 15.7. The van der Waals surface area contributed by atoms with Crippen LogP contribution in [0.1, 0.15) is 12.5 Å². The second kappa shape index (κ2) is 8.57. The van der Waals surface area contributed by atoms with Crippen LogP contribution in [0.4, 0.5) is 4.39 Å². The molecule has 0 radical (unpaired) electrons. The summed E-state index contributed by atoms with van der Waals surface area (Å²) in [5.74, 6) is -0.397. The average molecular weight is 406 g/mol. The van der Waals surface area contributed by atoms with Crippen molar-refractivity contribution >= 4 is 41.2 Å². The number of rotatable bonds is 6. The first kappa shape index (κ1) is 18.8. The number of thioether (sulfide) groups is 1. The van der Waals surface area contributed by atoms with Gasteiger partial charge in [0.25, 0.3) is 0 Å². The van der Waals surface area contributed by atoms with Crippen molar-refractivity contribution in [3.8, 4) is 5.69 Å². The van der Waals surface area contributed by atoms with Gasteiger partial charge < -0.3 is 5.32 Å². The topological polar surface area (TPSA) is 46.9 Å². The third kappa shape index (κ3) is 4.78. The first-order chi connectivity index (χ1) is 12.5. The van der Waals surface area contributed by atoms with Crippen molar-refractivity contribution in [2.45, 2.75) is 23.1 Å². The molecular weight excluding hydrogens is 389 g/mol. The normalized spacial score (nSPS) is 11.9. The fourth-order valence-corrected chi connectivity index (χ4v) is 4.71. The molecule has 1 aromatic heterocycles. The molecule has 0 aliphatic rings. The molecule has 8 heteroatoms. The molecule has 0 spiro atoms. The van der Waals surface area contributed by atoms with Crippen LogP contribution in [0.2, 0.25) is 0 Å². The zero-order valence-electron chi connectivity index (χ0n) is 13.9. The SMILES string of the molecule is CC(Sc1nn(-c2ccccc2)c(=S)s1)C(=O)NCc1ccc(F)cc1. The number of halogens is 1. The third-order valence-electron chi connectivity index (χ3n) is 3.56. The number of nitrogens with one attached hydrogen (secondary N) is 1. The van der Waals surface area contributed by atoms with E-state index >= 15 is 0 Å². The van der Waals surface area contributed by atoms with Crippen LogP contribution in [-0.2, 0) is 11.3 Å². The summed E-state index contributed by atoms with van der Waals surface area (Å²) < 4.78 is 16.0. The van der Waals surface area contributed by atoms with Gasteiger partial charge in [0, 0.05) is 6.54 Å². The minimum Gasteiger partial charge on any atom is -0.351 e. The van der Waals surface area contributed by atoms with Crippen molar-refractivity contribution < 1.29 is 9.18 Å². The number of para-hydroxylation sites is 1. The molecule has 0 aliphatic carbocycles. The van der Waals surface area contributed by atoms with E-state index in [4.69, 9.17) is 12.2 Å². The molecule has 0 saturated heterocycles. The highest BCUT2D eigenvalue weighted by Gasteiger charge is 2.17. The molecule has 1 amide bonds. The molecule has 2 aromatic carbocycles. The number of carbonyl (C=O) groups is 1. The van der Waals surface area contributed by atoms with Crippen LogP contribution in [-0.4, -0.2) is 20.9 Å². The molecule has 26 heavy (non-hydrogen) atoms. The summed E-state index contributed by atoms with van der Waals surface area (Å²) in [4.78, 5) is 12.3. The zero-order chi connectivity index (χ0) is 18.5. The summed E-state index contributed by atoms with van der Waals surface area (Å²) in [6.07, 6.45) is 0. The lowest BCUT2D eigenvalue weighted by Gasteiger charge is -2.10. The highest BCUT2D eigenvalue weighted by molar-refractivity contribution is 8.02. The molecule has 1 heterocycles. The van der Waals surface area contributed by atoms with Crippen molar-refractivity contribution in [3.05, 3.63) is 69.9 Å². The molecule has 1 N–H and O–H groups in total. The van der Waals surface area contributed by atoms with Crippen LogP contribution >= 0.6 is 35.3 Å². The Bertz CT molecular complexity index is 938. The summed E-state index contributed by atoms with van der Waals surface area (Å²) in [5.41, 5.74) is 1.75. The lowest BCUT2D eigenvalue weighted by Crippen LogP contribution is -2.30. The molecular formula is C18H16FN3OS3. The molecule has 1 atom stereocenters.